The van der Waals surface area contributed by atoms with E-state index in [1.807, 2.05) is 25.2 Å². The van der Waals surface area contributed by atoms with E-state index < -0.39 is 0 Å². The van der Waals surface area contributed by atoms with Crippen LogP contribution in [0.15, 0.2) is 23.8 Å². The first-order chi connectivity index (χ1) is 5.27. The molecule has 0 aliphatic heterocycles. The summed E-state index contributed by atoms with van der Waals surface area (Å²) in [5.74, 6) is 2.79. The van der Waals surface area contributed by atoms with Crippen molar-refractivity contribution in [3.05, 3.63) is 23.8 Å². The van der Waals surface area contributed by atoms with Crippen molar-refractivity contribution in [2.45, 2.75) is 13.0 Å². The zero-order chi connectivity index (χ0) is 8.27. The van der Waals surface area contributed by atoms with Gasteiger partial charge in [0, 0.05) is 5.57 Å². The molecule has 2 N–H and O–H groups in total. The van der Waals surface area contributed by atoms with Gasteiger partial charge < -0.3 is 5.21 Å². The predicted octanol–water partition coefficient (Wildman–Crippen LogP) is 1.10. The van der Waals surface area contributed by atoms with Crippen LogP contribution in [-0.4, -0.2) is 11.2 Å². The van der Waals surface area contributed by atoms with Crippen LogP contribution in [0, 0.1) is 18.3 Å². The van der Waals surface area contributed by atoms with Gasteiger partial charge in [-0.05, 0) is 12.0 Å². The number of hydrogen-bond acceptors (Lipinski definition) is 2. The van der Waals surface area contributed by atoms with Crippen LogP contribution >= 0.6 is 0 Å². The maximum absolute atomic E-state index is 8.64. The third kappa shape index (κ3) is 1.70. The Morgan fingerprint density at radius 2 is 2.45 bits per heavy atom. The lowest BCUT2D eigenvalue weighted by molar-refractivity contribution is 0.129. The van der Waals surface area contributed by atoms with Crippen LogP contribution in [0.25, 0.3) is 0 Å². The lowest BCUT2D eigenvalue weighted by atomic mass is 9.94. The van der Waals surface area contributed by atoms with E-state index in [0.29, 0.717) is 0 Å². The van der Waals surface area contributed by atoms with E-state index >= 15 is 0 Å². The molecule has 0 fully saturated rings. The van der Waals surface area contributed by atoms with Crippen molar-refractivity contribution >= 4 is 0 Å². The second-order valence-corrected chi connectivity index (χ2v) is 2.64. The highest BCUT2D eigenvalue weighted by molar-refractivity contribution is 5.39. The molecule has 0 aromatic heterocycles. The average Bonchev–Trinajstić information content (AvgIpc) is 2.04. The van der Waals surface area contributed by atoms with Gasteiger partial charge in [-0.2, -0.15) is 5.48 Å². The van der Waals surface area contributed by atoms with Crippen LogP contribution in [0.3, 0.4) is 0 Å². The predicted molar refractivity (Wildman–Crippen MR) is 43.9 cm³/mol. The topological polar surface area (TPSA) is 32.3 Å². The average molecular weight is 149 g/mol. The Hall–Kier alpha value is -1.04. The van der Waals surface area contributed by atoms with E-state index in [4.69, 9.17) is 11.6 Å². The second-order valence-electron chi connectivity index (χ2n) is 2.64. The van der Waals surface area contributed by atoms with Crippen LogP contribution in [0.1, 0.15) is 6.92 Å². The molecule has 2 nitrogen and oxygen atoms in total. The molecule has 2 heteroatoms. The third-order valence-corrected chi connectivity index (χ3v) is 1.81. The van der Waals surface area contributed by atoms with Gasteiger partial charge in [-0.25, -0.2) is 0 Å². The Kier molecular flexibility index (Phi) is 2.48. The van der Waals surface area contributed by atoms with Gasteiger partial charge in [0.15, 0.2) is 0 Å². The molecule has 11 heavy (non-hydrogen) atoms. The van der Waals surface area contributed by atoms with E-state index in [9.17, 15) is 0 Å². The summed E-state index contributed by atoms with van der Waals surface area (Å²) in [6.45, 7) is 1.99. The number of hydrogen-bond donors (Lipinski definition) is 2. The first-order valence-electron chi connectivity index (χ1n) is 3.54. The maximum atomic E-state index is 8.64. The summed E-state index contributed by atoms with van der Waals surface area (Å²) >= 11 is 0. The highest BCUT2D eigenvalue weighted by Crippen LogP contribution is 2.15. The standard InChI is InChI=1S/C9H11NO/c1-3-8-4-5-9(10-11)7(2)6-8/h1,4-7,9-11H,2H3. The molecule has 58 valence electrons. The number of nitrogens with one attached hydrogen (secondary N) is 1. The van der Waals surface area contributed by atoms with E-state index in [2.05, 4.69) is 11.4 Å². The highest BCUT2D eigenvalue weighted by atomic mass is 16.5. The molecule has 0 heterocycles. The Morgan fingerprint density at radius 3 is 2.91 bits per heavy atom. The molecule has 1 aliphatic carbocycles. The van der Waals surface area contributed by atoms with Gasteiger partial charge in [-0.3, -0.25) is 0 Å². The highest BCUT2D eigenvalue weighted by Gasteiger charge is 2.14. The van der Waals surface area contributed by atoms with Gasteiger partial charge in [0.05, 0.1) is 6.04 Å². The molecular formula is C9H11NO. The minimum atomic E-state index is -0.00731. The summed E-state index contributed by atoms with van der Waals surface area (Å²) in [6, 6.07) is -0.00731. The fourth-order valence-corrected chi connectivity index (χ4v) is 1.08. The number of rotatable bonds is 1. The summed E-state index contributed by atoms with van der Waals surface area (Å²) in [5, 5.41) is 8.64. The Bertz CT molecular complexity index is 234. The van der Waals surface area contributed by atoms with E-state index in [0.717, 1.165) is 5.57 Å². The van der Waals surface area contributed by atoms with Crippen LogP contribution in [-0.2, 0) is 0 Å². The normalized spacial score (nSPS) is 29.4. The molecule has 0 saturated heterocycles. The molecule has 0 bridgehead atoms. The number of hydroxylamine groups is 1. The third-order valence-electron chi connectivity index (χ3n) is 1.81. The summed E-state index contributed by atoms with van der Waals surface area (Å²) in [6.07, 6.45) is 10.8. The molecule has 0 saturated carbocycles. The van der Waals surface area contributed by atoms with Crippen LogP contribution < -0.4 is 5.48 Å². The fourth-order valence-electron chi connectivity index (χ4n) is 1.08. The Morgan fingerprint density at radius 1 is 1.73 bits per heavy atom. The lowest BCUT2D eigenvalue weighted by Gasteiger charge is -2.19. The van der Waals surface area contributed by atoms with Crippen LogP contribution in [0.5, 0.6) is 0 Å². The molecule has 1 aliphatic rings. The SMILES string of the molecule is C#CC1=CC(C)C(NO)C=C1. The fraction of sp³-hybridized carbons (Fsp3) is 0.333. The summed E-state index contributed by atoms with van der Waals surface area (Å²) in [7, 11) is 0. The van der Waals surface area contributed by atoms with Crippen molar-refractivity contribution in [3.8, 4) is 12.3 Å². The van der Waals surface area contributed by atoms with Crippen molar-refractivity contribution in [1.29, 1.82) is 0 Å². The molecule has 0 spiro atoms. The van der Waals surface area contributed by atoms with Crippen molar-refractivity contribution in [3.63, 3.8) is 0 Å². The van der Waals surface area contributed by atoms with Gasteiger partial charge in [0.2, 0.25) is 0 Å². The molecule has 0 amide bonds. The van der Waals surface area contributed by atoms with E-state index in [-0.39, 0.29) is 12.0 Å². The molecule has 0 aromatic carbocycles. The van der Waals surface area contributed by atoms with Crippen molar-refractivity contribution in [1.82, 2.24) is 5.48 Å². The molecule has 2 atom stereocenters. The quantitative estimate of drug-likeness (QED) is 0.432. The monoisotopic (exact) mass is 149 g/mol. The molecule has 0 radical (unpaired) electrons. The zero-order valence-electron chi connectivity index (χ0n) is 6.41. The largest absolute Gasteiger partial charge is 0.316 e. The Balaban J connectivity index is 2.73. The number of terminal acetylenes is 1. The van der Waals surface area contributed by atoms with Crippen LogP contribution in [0.4, 0.5) is 0 Å². The van der Waals surface area contributed by atoms with Crippen LogP contribution in [0.2, 0.25) is 0 Å². The summed E-state index contributed by atoms with van der Waals surface area (Å²) < 4.78 is 0. The first kappa shape index (κ1) is 8.06. The van der Waals surface area contributed by atoms with E-state index in [1.165, 1.54) is 0 Å². The smallest absolute Gasteiger partial charge is 0.0563 e. The van der Waals surface area contributed by atoms with Gasteiger partial charge in [-0.1, -0.05) is 25.0 Å². The second kappa shape index (κ2) is 3.38. The van der Waals surface area contributed by atoms with Crippen molar-refractivity contribution < 1.29 is 5.21 Å². The number of allylic oxidation sites excluding steroid dienone is 2. The Labute approximate surface area is 66.6 Å². The maximum Gasteiger partial charge on any atom is 0.0563 e. The summed E-state index contributed by atoms with van der Waals surface area (Å²) in [5.41, 5.74) is 3.08. The zero-order valence-corrected chi connectivity index (χ0v) is 6.41. The van der Waals surface area contributed by atoms with Gasteiger partial charge in [0.25, 0.3) is 0 Å². The molecule has 0 aromatic rings. The van der Waals surface area contributed by atoms with Gasteiger partial charge >= 0.3 is 0 Å². The minimum absolute atomic E-state index is 0.00731. The molecular weight excluding hydrogens is 138 g/mol. The summed E-state index contributed by atoms with van der Waals surface area (Å²) in [4.78, 5) is 0. The van der Waals surface area contributed by atoms with E-state index in [1.54, 1.807) is 0 Å². The lowest BCUT2D eigenvalue weighted by Crippen LogP contribution is -2.30. The first-order valence-corrected chi connectivity index (χ1v) is 3.54. The van der Waals surface area contributed by atoms with Gasteiger partial charge in [-0.15, -0.1) is 6.42 Å². The van der Waals surface area contributed by atoms with Crippen molar-refractivity contribution in [2.24, 2.45) is 5.92 Å². The van der Waals surface area contributed by atoms with Gasteiger partial charge in [0.1, 0.15) is 0 Å². The molecule has 1 rings (SSSR count). The molecule has 2 unspecified atom stereocenters. The minimum Gasteiger partial charge on any atom is -0.316 e. The van der Waals surface area contributed by atoms with Crippen molar-refractivity contribution in [2.75, 3.05) is 0 Å².